The lowest BCUT2D eigenvalue weighted by molar-refractivity contribution is -0.138. The Morgan fingerprint density at radius 1 is 1.27 bits per heavy atom. The minimum Gasteiger partial charge on any atom is -0.480 e. The smallest absolute Gasteiger partial charge is 0.317 e. The van der Waals surface area contributed by atoms with Gasteiger partial charge in [-0.3, -0.25) is 9.69 Å². The highest BCUT2D eigenvalue weighted by atomic mass is 32.1. The molecule has 0 amide bonds. The molecule has 0 saturated heterocycles. The Kier molecular flexibility index (Phi) is 6.55. The van der Waals surface area contributed by atoms with Gasteiger partial charge in [0.2, 0.25) is 0 Å². The highest BCUT2D eigenvalue weighted by Crippen LogP contribution is 2.17. The van der Waals surface area contributed by atoms with Crippen molar-refractivity contribution in [3.05, 3.63) is 52.0 Å². The number of hydrogen-bond acceptors (Lipinski definition) is 4. The molecule has 0 atom stereocenters. The summed E-state index contributed by atoms with van der Waals surface area (Å²) in [6.07, 6.45) is 4.76. The number of aryl methyl sites for hydroxylation is 2. The van der Waals surface area contributed by atoms with Gasteiger partial charge in [-0.15, -0.1) is 11.3 Å². The van der Waals surface area contributed by atoms with Gasteiger partial charge in [0.05, 0.1) is 11.6 Å². The Bertz CT molecular complexity index is 583. The lowest BCUT2D eigenvalue weighted by atomic mass is 10.1. The molecule has 2 aromatic rings. The second-order valence-electron chi connectivity index (χ2n) is 5.31. The third kappa shape index (κ3) is 5.58. The van der Waals surface area contributed by atoms with Crippen molar-refractivity contribution < 1.29 is 9.90 Å². The molecule has 0 saturated carbocycles. The maximum atomic E-state index is 10.9. The van der Waals surface area contributed by atoms with Crippen LogP contribution in [0, 0.1) is 0 Å². The average Bonchev–Trinajstić information content (AvgIpc) is 2.93. The first-order chi connectivity index (χ1) is 10.7. The van der Waals surface area contributed by atoms with E-state index in [1.807, 2.05) is 17.2 Å². The molecule has 0 radical (unpaired) electrons. The van der Waals surface area contributed by atoms with Crippen molar-refractivity contribution in [3.8, 4) is 0 Å². The maximum absolute atomic E-state index is 10.9. The van der Waals surface area contributed by atoms with Crippen LogP contribution < -0.4 is 0 Å². The standard InChI is InChI=1S/C17H22N2O2S/c1-2-10-19(13-17(20)21)12-15-11-18-16(22-15)9-8-14-6-4-3-5-7-14/h3-7,11H,2,8-10,12-13H2,1H3,(H,20,21). The highest BCUT2D eigenvalue weighted by Gasteiger charge is 2.11. The number of rotatable bonds is 9. The number of aromatic nitrogens is 1. The minimum absolute atomic E-state index is 0.0884. The third-order valence-electron chi connectivity index (χ3n) is 3.35. The zero-order valence-electron chi connectivity index (χ0n) is 12.9. The van der Waals surface area contributed by atoms with Crippen molar-refractivity contribution in [2.75, 3.05) is 13.1 Å². The van der Waals surface area contributed by atoms with Crippen molar-refractivity contribution in [3.63, 3.8) is 0 Å². The van der Waals surface area contributed by atoms with E-state index in [1.54, 1.807) is 11.3 Å². The largest absolute Gasteiger partial charge is 0.480 e. The topological polar surface area (TPSA) is 53.4 Å². The van der Waals surface area contributed by atoms with E-state index in [0.717, 1.165) is 35.7 Å². The molecule has 0 aliphatic carbocycles. The van der Waals surface area contributed by atoms with Gasteiger partial charge in [-0.25, -0.2) is 4.98 Å². The molecule has 0 bridgehead atoms. The van der Waals surface area contributed by atoms with Crippen molar-refractivity contribution in [2.45, 2.75) is 32.7 Å². The van der Waals surface area contributed by atoms with Crippen LogP contribution in [-0.4, -0.2) is 34.0 Å². The Morgan fingerprint density at radius 3 is 2.73 bits per heavy atom. The molecule has 22 heavy (non-hydrogen) atoms. The van der Waals surface area contributed by atoms with Gasteiger partial charge in [0.15, 0.2) is 0 Å². The monoisotopic (exact) mass is 318 g/mol. The Morgan fingerprint density at radius 2 is 2.05 bits per heavy atom. The molecular weight excluding hydrogens is 296 g/mol. The maximum Gasteiger partial charge on any atom is 0.317 e. The average molecular weight is 318 g/mol. The Hall–Kier alpha value is -1.72. The van der Waals surface area contributed by atoms with Crippen molar-refractivity contribution in [2.24, 2.45) is 0 Å². The van der Waals surface area contributed by atoms with Crippen LogP contribution in [-0.2, 0) is 24.2 Å². The van der Waals surface area contributed by atoms with Gasteiger partial charge in [-0.05, 0) is 24.9 Å². The van der Waals surface area contributed by atoms with E-state index < -0.39 is 5.97 Å². The number of aliphatic carboxylic acids is 1. The van der Waals surface area contributed by atoms with Crippen LogP contribution in [0.25, 0.3) is 0 Å². The van der Waals surface area contributed by atoms with E-state index in [1.165, 1.54) is 5.56 Å². The molecule has 118 valence electrons. The molecule has 5 heteroatoms. The second kappa shape index (κ2) is 8.66. The van der Waals surface area contributed by atoms with Gasteiger partial charge in [-0.2, -0.15) is 0 Å². The molecule has 0 aliphatic heterocycles. The molecule has 1 aromatic carbocycles. The minimum atomic E-state index is -0.776. The Labute approximate surface area is 135 Å². The first-order valence-corrected chi connectivity index (χ1v) is 8.40. The summed E-state index contributed by atoms with van der Waals surface area (Å²) in [6, 6.07) is 10.4. The summed E-state index contributed by atoms with van der Waals surface area (Å²) in [7, 11) is 0. The van der Waals surface area contributed by atoms with Crippen LogP contribution in [0.3, 0.4) is 0 Å². The number of benzene rings is 1. The van der Waals surface area contributed by atoms with Gasteiger partial charge < -0.3 is 5.11 Å². The van der Waals surface area contributed by atoms with Gasteiger partial charge in [0.1, 0.15) is 0 Å². The molecule has 4 nitrogen and oxygen atoms in total. The number of carbonyl (C=O) groups is 1. The van der Waals surface area contributed by atoms with E-state index in [4.69, 9.17) is 5.11 Å². The molecule has 0 fully saturated rings. The number of nitrogens with zero attached hydrogens (tertiary/aromatic N) is 2. The van der Waals surface area contributed by atoms with Gasteiger partial charge in [0.25, 0.3) is 0 Å². The van der Waals surface area contributed by atoms with E-state index in [0.29, 0.717) is 6.54 Å². The molecule has 0 spiro atoms. The van der Waals surface area contributed by atoms with Crippen LogP contribution in [0.2, 0.25) is 0 Å². The summed E-state index contributed by atoms with van der Waals surface area (Å²) >= 11 is 1.69. The molecule has 0 unspecified atom stereocenters. The lowest BCUT2D eigenvalue weighted by Crippen LogP contribution is -2.29. The summed E-state index contributed by atoms with van der Waals surface area (Å²) in [5, 5.41) is 10.1. The zero-order chi connectivity index (χ0) is 15.8. The molecule has 0 aliphatic rings. The predicted octanol–water partition coefficient (Wildman–Crippen LogP) is 3.22. The van der Waals surface area contributed by atoms with Gasteiger partial charge in [-0.1, -0.05) is 37.3 Å². The molecular formula is C17H22N2O2S. The molecule has 1 N–H and O–H groups in total. The van der Waals surface area contributed by atoms with E-state index >= 15 is 0 Å². The van der Waals surface area contributed by atoms with Gasteiger partial charge >= 0.3 is 5.97 Å². The fourth-order valence-electron chi connectivity index (χ4n) is 2.37. The Balaban J connectivity index is 1.88. The lowest BCUT2D eigenvalue weighted by Gasteiger charge is -2.17. The zero-order valence-corrected chi connectivity index (χ0v) is 13.7. The van der Waals surface area contributed by atoms with Crippen molar-refractivity contribution in [1.82, 2.24) is 9.88 Å². The third-order valence-corrected chi connectivity index (χ3v) is 4.39. The number of thiazole rings is 1. The molecule has 1 heterocycles. The van der Waals surface area contributed by atoms with Crippen molar-refractivity contribution in [1.29, 1.82) is 0 Å². The van der Waals surface area contributed by atoms with Crippen LogP contribution in [0.4, 0.5) is 0 Å². The SMILES string of the molecule is CCCN(CC(=O)O)Cc1cnc(CCc2ccccc2)s1. The summed E-state index contributed by atoms with van der Waals surface area (Å²) in [5.41, 5.74) is 1.32. The van der Waals surface area contributed by atoms with E-state index in [2.05, 4.69) is 36.2 Å². The van der Waals surface area contributed by atoms with Gasteiger partial charge in [0, 0.05) is 24.0 Å². The fourth-order valence-corrected chi connectivity index (χ4v) is 3.34. The normalized spacial score (nSPS) is 11.0. The fraction of sp³-hybridized carbons (Fsp3) is 0.412. The predicted molar refractivity (Wildman–Crippen MR) is 89.2 cm³/mol. The first-order valence-electron chi connectivity index (χ1n) is 7.59. The summed E-state index contributed by atoms with van der Waals surface area (Å²) in [4.78, 5) is 18.4. The van der Waals surface area contributed by atoms with Crippen LogP contribution in [0.1, 0.15) is 28.8 Å². The second-order valence-corrected chi connectivity index (χ2v) is 6.51. The number of carboxylic acids is 1. The number of hydrogen-bond donors (Lipinski definition) is 1. The molecule has 1 aromatic heterocycles. The van der Waals surface area contributed by atoms with Crippen LogP contribution in [0.15, 0.2) is 36.5 Å². The van der Waals surface area contributed by atoms with E-state index in [-0.39, 0.29) is 6.54 Å². The van der Waals surface area contributed by atoms with Crippen LogP contribution >= 0.6 is 11.3 Å². The van der Waals surface area contributed by atoms with E-state index in [9.17, 15) is 4.79 Å². The summed E-state index contributed by atoms with van der Waals surface area (Å²) in [6.45, 7) is 3.62. The van der Waals surface area contributed by atoms with Crippen molar-refractivity contribution >= 4 is 17.3 Å². The summed E-state index contributed by atoms with van der Waals surface area (Å²) < 4.78 is 0. The quantitative estimate of drug-likeness (QED) is 0.771. The van der Waals surface area contributed by atoms with Crippen LogP contribution in [0.5, 0.6) is 0 Å². The highest BCUT2D eigenvalue weighted by molar-refractivity contribution is 7.11. The summed E-state index contributed by atoms with van der Waals surface area (Å²) in [5.74, 6) is -0.776. The molecule has 2 rings (SSSR count). The number of carboxylic acid groups (broad SMARTS) is 1. The first kappa shape index (κ1) is 16.6.